The number of hydrogen-bond acceptors (Lipinski definition) is 3. The maximum atomic E-state index is 12.1. The number of benzene rings is 1. The average molecular weight is 326 g/mol. The van der Waals surface area contributed by atoms with E-state index < -0.39 is 0 Å². The topological polar surface area (TPSA) is 75.4 Å². The molecule has 1 aromatic carbocycles. The van der Waals surface area contributed by atoms with E-state index in [0.717, 1.165) is 24.9 Å². The zero-order valence-electron chi connectivity index (χ0n) is 12.7. The number of rotatable bonds is 6. The van der Waals surface area contributed by atoms with Gasteiger partial charge in [-0.2, -0.15) is 0 Å². The van der Waals surface area contributed by atoms with Crippen LogP contribution >= 0.6 is 12.4 Å². The van der Waals surface area contributed by atoms with Crippen molar-refractivity contribution in [1.82, 2.24) is 10.2 Å². The van der Waals surface area contributed by atoms with Crippen molar-refractivity contribution in [2.24, 2.45) is 5.73 Å². The summed E-state index contributed by atoms with van der Waals surface area (Å²) in [5.41, 5.74) is 6.64. The van der Waals surface area contributed by atoms with Gasteiger partial charge in [0.05, 0.1) is 6.42 Å². The van der Waals surface area contributed by atoms with Gasteiger partial charge in [-0.25, -0.2) is 0 Å². The third-order valence-corrected chi connectivity index (χ3v) is 3.84. The normalized spacial score (nSPS) is 17.0. The van der Waals surface area contributed by atoms with Crippen LogP contribution in [0.25, 0.3) is 0 Å². The molecule has 1 aromatic rings. The van der Waals surface area contributed by atoms with E-state index in [1.807, 2.05) is 35.2 Å². The fourth-order valence-electron chi connectivity index (χ4n) is 2.71. The van der Waals surface area contributed by atoms with E-state index in [-0.39, 0.29) is 30.3 Å². The fraction of sp³-hybridized carbons (Fsp3) is 0.500. The number of nitrogens with two attached hydrogens (primary N) is 1. The second-order valence-corrected chi connectivity index (χ2v) is 5.38. The molecule has 1 saturated heterocycles. The molecule has 3 N–H and O–H groups in total. The highest BCUT2D eigenvalue weighted by molar-refractivity contribution is 5.85. The van der Waals surface area contributed by atoms with Crippen LogP contribution in [0.1, 0.15) is 24.8 Å². The van der Waals surface area contributed by atoms with Crippen LogP contribution in [0.5, 0.6) is 0 Å². The first-order valence-electron chi connectivity index (χ1n) is 7.51. The first-order chi connectivity index (χ1) is 10.2. The highest BCUT2D eigenvalue weighted by Gasteiger charge is 2.26. The van der Waals surface area contributed by atoms with Gasteiger partial charge in [0.25, 0.3) is 0 Å². The Morgan fingerprint density at radius 1 is 1.27 bits per heavy atom. The van der Waals surface area contributed by atoms with Crippen LogP contribution < -0.4 is 11.1 Å². The highest BCUT2D eigenvalue weighted by Crippen LogP contribution is 2.16. The molecule has 1 heterocycles. The lowest BCUT2D eigenvalue weighted by atomic mass is 10.1. The predicted octanol–water partition coefficient (Wildman–Crippen LogP) is 1.11. The van der Waals surface area contributed by atoms with Gasteiger partial charge in [-0.05, 0) is 18.4 Å². The third kappa shape index (κ3) is 5.31. The summed E-state index contributed by atoms with van der Waals surface area (Å²) in [6, 6.07) is 9.75. The summed E-state index contributed by atoms with van der Waals surface area (Å²) >= 11 is 0. The van der Waals surface area contributed by atoms with E-state index in [2.05, 4.69) is 5.32 Å². The van der Waals surface area contributed by atoms with Crippen molar-refractivity contribution in [1.29, 1.82) is 0 Å². The van der Waals surface area contributed by atoms with Crippen LogP contribution in [-0.4, -0.2) is 42.4 Å². The molecule has 122 valence electrons. The van der Waals surface area contributed by atoms with E-state index >= 15 is 0 Å². The second kappa shape index (κ2) is 9.43. The molecule has 0 radical (unpaired) electrons. The van der Waals surface area contributed by atoms with Crippen molar-refractivity contribution in [3.63, 3.8) is 0 Å². The molecule has 5 nitrogen and oxygen atoms in total. The van der Waals surface area contributed by atoms with Crippen LogP contribution in [0.4, 0.5) is 0 Å². The lowest BCUT2D eigenvalue weighted by Gasteiger charge is -2.23. The van der Waals surface area contributed by atoms with Crippen molar-refractivity contribution in [3.8, 4) is 0 Å². The predicted molar refractivity (Wildman–Crippen MR) is 88.8 cm³/mol. The number of likely N-dealkylation sites (tertiary alicyclic amines) is 1. The SMILES string of the molecule is Cl.NCC1CCCN1C(=O)CCNC(=O)Cc1ccccc1. The van der Waals surface area contributed by atoms with Gasteiger partial charge in [-0.1, -0.05) is 30.3 Å². The van der Waals surface area contributed by atoms with Crippen molar-refractivity contribution in [2.75, 3.05) is 19.6 Å². The highest BCUT2D eigenvalue weighted by atomic mass is 35.5. The Labute approximate surface area is 137 Å². The van der Waals surface area contributed by atoms with E-state index in [0.29, 0.717) is 25.9 Å². The monoisotopic (exact) mass is 325 g/mol. The molecule has 0 spiro atoms. The van der Waals surface area contributed by atoms with Crippen LogP contribution in [0, 0.1) is 0 Å². The van der Waals surface area contributed by atoms with E-state index in [1.165, 1.54) is 0 Å². The van der Waals surface area contributed by atoms with Gasteiger partial charge in [0.15, 0.2) is 0 Å². The standard InChI is InChI=1S/C16H23N3O2.ClH/c17-12-14-7-4-10-19(14)16(21)8-9-18-15(20)11-13-5-2-1-3-6-13;/h1-3,5-6,14H,4,7-12,17H2,(H,18,20);1H. The van der Waals surface area contributed by atoms with Crippen LogP contribution in [0.2, 0.25) is 0 Å². The number of carbonyl (C=O) groups excluding carboxylic acids is 2. The van der Waals surface area contributed by atoms with E-state index in [1.54, 1.807) is 0 Å². The summed E-state index contributed by atoms with van der Waals surface area (Å²) in [5, 5.41) is 2.80. The summed E-state index contributed by atoms with van der Waals surface area (Å²) in [4.78, 5) is 25.7. The molecule has 1 fully saturated rings. The largest absolute Gasteiger partial charge is 0.355 e. The Balaban J connectivity index is 0.00000242. The summed E-state index contributed by atoms with van der Waals surface area (Å²) in [5.74, 6) is 0.0359. The van der Waals surface area contributed by atoms with Crippen LogP contribution in [0.3, 0.4) is 0 Å². The number of nitrogens with one attached hydrogen (secondary N) is 1. The Hall–Kier alpha value is -1.59. The molecule has 0 aromatic heterocycles. The van der Waals surface area contributed by atoms with Crippen molar-refractivity contribution in [2.45, 2.75) is 31.7 Å². The Morgan fingerprint density at radius 2 is 2.00 bits per heavy atom. The minimum Gasteiger partial charge on any atom is -0.355 e. The van der Waals surface area contributed by atoms with E-state index in [4.69, 9.17) is 5.73 Å². The summed E-state index contributed by atoms with van der Waals surface area (Å²) in [7, 11) is 0. The molecule has 1 aliphatic rings. The second-order valence-electron chi connectivity index (χ2n) is 5.38. The quantitative estimate of drug-likeness (QED) is 0.822. The lowest BCUT2D eigenvalue weighted by Crippen LogP contribution is -2.41. The molecule has 0 saturated carbocycles. The molecule has 2 rings (SSSR count). The van der Waals surface area contributed by atoms with Crippen molar-refractivity contribution < 1.29 is 9.59 Å². The van der Waals surface area contributed by atoms with Gasteiger partial charge >= 0.3 is 0 Å². The van der Waals surface area contributed by atoms with E-state index in [9.17, 15) is 9.59 Å². The number of hydrogen-bond donors (Lipinski definition) is 2. The molecular weight excluding hydrogens is 302 g/mol. The van der Waals surface area contributed by atoms with Crippen molar-refractivity contribution in [3.05, 3.63) is 35.9 Å². The third-order valence-electron chi connectivity index (χ3n) is 3.84. The Morgan fingerprint density at radius 3 is 2.68 bits per heavy atom. The van der Waals surface area contributed by atoms with Gasteiger partial charge in [-0.15, -0.1) is 12.4 Å². The average Bonchev–Trinajstić information content (AvgIpc) is 2.96. The van der Waals surface area contributed by atoms with Gasteiger partial charge in [0.1, 0.15) is 0 Å². The molecular formula is C16H24ClN3O2. The molecule has 1 unspecified atom stereocenters. The van der Waals surface area contributed by atoms with Crippen molar-refractivity contribution >= 4 is 24.2 Å². The number of amides is 2. The first-order valence-corrected chi connectivity index (χ1v) is 7.51. The zero-order chi connectivity index (χ0) is 15.1. The summed E-state index contributed by atoms with van der Waals surface area (Å²) in [6.45, 7) is 1.70. The lowest BCUT2D eigenvalue weighted by molar-refractivity contribution is -0.131. The molecule has 0 bridgehead atoms. The minimum atomic E-state index is -0.0502. The molecule has 2 amide bonds. The molecule has 1 aliphatic heterocycles. The summed E-state index contributed by atoms with van der Waals surface area (Å²) < 4.78 is 0. The Bertz CT molecular complexity index is 482. The molecule has 22 heavy (non-hydrogen) atoms. The van der Waals surface area contributed by atoms with Crippen LogP contribution in [-0.2, 0) is 16.0 Å². The molecule has 0 aliphatic carbocycles. The zero-order valence-corrected chi connectivity index (χ0v) is 13.5. The maximum Gasteiger partial charge on any atom is 0.224 e. The number of halogens is 1. The molecule has 1 atom stereocenters. The smallest absolute Gasteiger partial charge is 0.224 e. The first kappa shape index (κ1) is 18.5. The minimum absolute atomic E-state index is 0. The maximum absolute atomic E-state index is 12.1. The van der Waals surface area contributed by atoms with Crippen LogP contribution in [0.15, 0.2) is 30.3 Å². The van der Waals surface area contributed by atoms with Gasteiger partial charge < -0.3 is 16.0 Å². The molecule has 6 heteroatoms. The summed E-state index contributed by atoms with van der Waals surface area (Å²) in [6.07, 6.45) is 2.71. The Kier molecular flexibility index (Phi) is 7.91. The van der Waals surface area contributed by atoms with Gasteiger partial charge in [0, 0.05) is 32.1 Å². The number of carbonyl (C=O) groups is 2. The number of nitrogens with zero attached hydrogens (tertiary/aromatic N) is 1. The van der Waals surface area contributed by atoms with Gasteiger partial charge in [0.2, 0.25) is 11.8 Å². The fourth-order valence-corrected chi connectivity index (χ4v) is 2.71. The van der Waals surface area contributed by atoms with Gasteiger partial charge in [-0.3, -0.25) is 9.59 Å².